The van der Waals surface area contributed by atoms with Crippen LogP contribution >= 0.6 is 0 Å². The van der Waals surface area contributed by atoms with Gasteiger partial charge >= 0.3 is 5.97 Å². The van der Waals surface area contributed by atoms with Gasteiger partial charge in [0.1, 0.15) is 11.5 Å². The van der Waals surface area contributed by atoms with Crippen molar-refractivity contribution in [2.45, 2.75) is 32.1 Å². The maximum absolute atomic E-state index is 11.9. The highest BCUT2D eigenvalue weighted by atomic mass is 16.5. The van der Waals surface area contributed by atoms with Crippen LogP contribution in [0.2, 0.25) is 0 Å². The molecule has 0 fully saturated rings. The van der Waals surface area contributed by atoms with Crippen molar-refractivity contribution in [3.63, 3.8) is 0 Å². The summed E-state index contributed by atoms with van der Waals surface area (Å²) in [6.45, 7) is 2.02. The van der Waals surface area contributed by atoms with Crippen LogP contribution in [-0.4, -0.2) is 25.3 Å². The van der Waals surface area contributed by atoms with Crippen molar-refractivity contribution >= 4 is 5.97 Å². The molecule has 0 aromatic heterocycles. The zero-order chi connectivity index (χ0) is 18.2. The van der Waals surface area contributed by atoms with Gasteiger partial charge < -0.3 is 14.6 Å². The molecule has 0 heterocycles. The molecule has 0 aliphatic carbocycles. The Labute approximate surface area is 149 Å². The van der Waals surface area contributed by atoms with Gasteiger partial charge in [0.2, 0.25) is 0 Å². The molecule has 4 nitrogen and oxygen atoms in total. The Hall–Kier alpha value is -2.49. The second-order valence-corrected chi connectivity index (χ2v) is 6.17. The molecule has 4 heteroatoms. The molecule has 2 atom stereocenters. The quantitative estimate of drug-likeness (QED) is 0.727. The van der Waals surface area contributed by atoms with Gasteiger partial charge in [-0.1, -0.05) is 37.6 Å². The molecular formula is C21H26O4. The van der Waals surface area contributed by atoms with Crippen molar-refractivity contribution in [3.05, 3.63) is 59.7 Å². The molecule has 2 aromatic rings. The van der Waals surface area contributed by atoms with Crippen LogP contribution in [0.25, 0.3) is 0 Å². The maximum atomic E-state index is 11.9. The van der Waals surface area contributed by atoms with Crippen LogP contribution in [0.15, 0.2) is 48.5 Å². The summed E-state index contributed by atoms with van der Waals surface area (Å²) >= 11 is 0. The second-order valence-electron chi connectivity index (χ2n) is 6.17. The van der Waals surface area contributed by atoms with E-state index in [0.717, 1.165) is 29.0 Å². The van der Waals surface area contributed by atoms with Crippen molar-refractivity contribution in [2.75, 3.05) is 14.2 Å². The number of ether oxygens (including phenoxy) is 2. The average molecular weight is 342 g/mol. The van der Waals surface area contributed by atoms with E-state index in [0.29, 0.717) is 12.8 Å². The lowest BCUT2D eigenvalue weighted by Gasteiger charge is -2.25. The molecule has 0 spiro atoms. The average Bonchev–Trinajstić information content (AvgIpc) is 2.65. The largest absolute Gasteiger partial charge is 0.497 e. The summed E-state index contributed by atoms with van der Waals surface area (Å²) in [7, 11) is 3.26. The molecule has 134 valence electrons. The molecule has 25 heavy (non-hydrogen) atoms. The van der Waals surface area contributed by atoms with Gasteiger partial charge in [0.05, 0.1) is 20.1 Å². The molecule has 2 aromatic carbocycles. The number of rotatable bonds is 9. The molecule has 0 amide bonds. The summed E-state index contributed by atoms with van der Waals surface area (Å²) in [4.78, 5) is 11.9. The third-order valence-electron chi connectivity index (χ3n) is 4.56. The molecule has 0 aliphatic rings. The lowest BCUT2D eigenvalue weighted by molar-refractivity contribution is -0.142. The molecule has 0 bridgehead atoms. The number of carboxylic acid groups (broad SMARTS) is 1. The van der Waals surface area contributed by atoms with E-state index in [2.05, 4.69) is 0 Å². The van der Waals surface area contributed by atoms with Gasteiger partial charge in [-0.3, -0.25) is 4.79 Å². The highest BCUT2D eigenvalue weighted by molar-refractivity contribution is 5.71. The summed E-state index contributed by atoms with van der Waals surface area (Å²) in [6.07, 6.45) is 2.17. The number of hydrogen-bond donors (Lipinski definition) is 1. The highest BCUT2D eigenvalue weighted by Crippen LogP contribution is 2.33. The third kappa shape index (κ3) is 4.99. The van der Waals surface area contributed by atoms with Crippen molar-refractivity contribution in [2.24, 2.45) is 5.92 Å². The first-order valence-corrected chi connectivity index (χ1v) is 8.58. The molecular weight excluding hydrogens is 316 g/mol. The normalized spacial score (nSPS) is 13.1. The van der Waals surface area contributed by atoms with Crippen LogP contribution in [0.3, 0.4) is 0 Å². The Bertz CT molecular complexity index is 661. The predicted octanol–water partition coefficient (Wildman–Crippen LogP) is 4.53. The van der Waals surface area contributed by atoms with Crippen molar-refractivity contribution in [1.29, 1.82) is 0 Å². The van der Waals surface area contributed by atoms with Crippen molar-refractivity contribution in [1.82, 2.24) is 0 Å². The molecule has 0 saturated carbocycles. The van der Waals surface area contributed by atoms with Gasteiger partial charge in [0, 0.05) is 5.92 Å². The number of carbonyl (C=O) groups is 1. The standard InChI is InChI=1S/C21H26O4/c1-4-5-19(21(22)23)20(16-8-12-18(25-3)13-9-16)14-15-6-10-17(24-2)11-7-15/h6-13,19-20H,4-5,14H2,1-3H3,(H,22,23). The summed E-state index contributed by atoms with van der Waals surface area (Å²) in [6, 6.07) is 15.5. The maximum Gasteiger partial charge on any atom is 0.307 e. The monoisotopic (exact) mass is 342 g/mol. The number of methoxy groups -OCH3 is 2. The van der Waals surface area contributed by atoms with Gasteiger partial charge in [-0.05, 0) is 48.2 Å². The molecule has 2 rings (SSSR count). The van der Waals surface area contributed by atoms with E-state index in [1.165, 1.54) is 0 Å². The molecule has 2 unspecified atom stereocenters. The van der Waals surface area contributed by atoms with Crippen molar-refractivity contribution in [3.8, 4) is 11.5 Å². The fourth-order valence-corrected chi connectivity index (χ4v) is 3.17. The van der Waals surface area contributed by atoms with Gasteiger partial charge in [-0.15, -0.1) is 0 Å². The first-order chi connectivity index (χ1) is 12.1. The Morgan fingerprint density at radius 3 is 1.92 bits per heavy atom. The summed E-state index contributed by atoms with van der Waals surface area (Å²) in [5, 5.41) is 9.75. The van der Waals surface area contributed by atoms with E-state index in [1.807, 2.05) is 55.5 Å². The van der Waals surface area contributed by atoms with E-state index < -0.39 is 11.9 Å². The van der Waals surface area contributed by atoms with Gasteiger partial charge in [-0.2, -0.15) is 0 Å². The van der Waals surface area contributed by atoms with Crippen LogP contribution in [0, 0.1) is 5.92 Å². The van der Waals surface area contributed by atoms with Crippen molar-refractivity contribution < 1.29 is 19.4 Å². The Balaban J connectivity index is 2.33. The van der Waals surface area contributed by atoms with E-state index in [1.54, 1.807) is 14.2 Å². The number of aliphatic carboxylic acids is 1. The summed E-state index contributed by atoms with van der Waals surface area (Å²) in [5.74, 6) is 0.329. The Kier molecular flexibility index (Phi) is 6.87. The molecule has 0 aliphatic heterocycles. The van der Waals surface area contributed by atoms with E-state index in [-0.39, 0.29) is 5.92 Å². The fourth-order valence-electron chi connectivity index (χ4n) is 3.17. The van der Waals surface area contributed by atoms with Gasteiger partial charge in [0.25, 0.3) is 0 Å². The van der Waals surface area contributed by atoms with Crippen LogP contribution in [0.5, 0.6) is 11.5 Å². The topological polar surface area (TPSA) is 55.8 Å². The van der Waals surface area contributed by atoms with Crippen LogP contribution in [0.4, 0.5) is 0 Å². The summed E-state index contributed by atoms with van der Waals surface area (Å²) in [5.41, 5.74) is 2.13. The van der Waals surface area contributed by atoms with Crippen LogP contribution in [-0.2, 0) is 11.2 Å². The Morgan fingerprint density at radius 2 is 1.48 bits per heavy atom. The first-order valence-electron chi connectivity index (χ1n) is 8.58. The highest BCUT2D eigenvalue weighted by Gasteiger charge is 2.29. The minimum Gasteiger partial charge on any atom is -0.497 e. The minimum atomic E-state index is -0.740. The zero-order valence-electron chi connectivity index (χ0n) is 15.1. The fraction of sp³-hybridized carbons (Fsp3) is 0.381. The smallest absolute Gasteiger partial charge is 0.307 e. The third-order valence-corrected chi connectivity index (χ3v) is 4.56. The number of carboxylic acids is 1. The molecule has 0 saturated heterocycles. The van der Waals surface area contributed by atoms with Gasteiger partial charge in [-0.25, -0.2) is 0 Å². The first kappa shape index (κ1) is 18.8. The SMILES string of the molecule is CCCC(C(=O)O)C(Cc1ccc(OC)cc1)c1ccc(OC)cc1. The van der Waals surface area contributed by atoms with E-state index in [9.17, 15) is 9.90 Å². The van der Waals surface area contributed by atoms with E-state index in [4.69, 9.17) is 9.47 Å². The van der Waals surface area contributed by atoms with E-state index >= 15 is 0 Å². The predicted molar refractivity (Wildman–Crippen MR) is 98.5 cm³/mol. The lowest BCUT2D eigenvalue weighted by Crippen LogP contribution is -2.24. The number of benzene rings is 2. The summed E-state index contributed by atoms with van der Waals surface area (Å²) < 4.78 is 10.4. The lowest BCUT2D eigenvalue weighted by atomic mass is 9.79. The molecule has 1 N–H and O–H groups in total. The molecule has 0 radical (unpaired) electrons. The zero-order valence-corrected chi connectivity index (χ0v) is 15.1. The number of hydrogen-bond acceptors (Lipinski definition) is 3. The van der Waals surface area contributed by atoms with Crippen LogP contribution < -0.4 is 9.47 Å². The second kappa shape index (κ2) is 9.11. The minimum absolute atomic E-state index is 0.0863. The Morgan fingerprint density at radius 1 is 0.960 bits per heavy atom. The van der Waals surface area contributed by atoms with Crippen LogP contribution in [0.1, 0.15) is 36.8 Å². The van der Waals surface area contributed by atoms with Gasteiger partial charge in [0.15, 0.2) is 0 Å².